The van der Waals surface area contributed by atoms with E-state index in [4.69, 9.17) is 4.74 Å². The highest BCUT2D eigenvalue weighted by Crippen LogP contribution is 2.64. The molecule has 1 saturated heterocycles. The smallest absolute Gasteiger partial charge is 0.218 e. The summed E-state index contributed by atoms with van der Waals surface area (Å²) in [6.07, 6.45) is 4.13. The predicted octanol–water partition coefficient (Wildman–Crippen LogP) is 2.86. The Hall–Kier alpha value is -2.19. The number of rotatable bonds is 6. The summed E-state index contributed by atoms with van der Waals surface area (Å²) in [7, 11) is -1.89. The van der Waals surface area contributed by atoms with Gasteiger partial charge in [0.1, 0.15) is 11.9 Å². The molecule has 7 heteroatoms. The second-order valence-corrected chi connectivity index (χ2v) is 12.4. The minimum absolute atomic E-state index is 0.0293. The Kier molecular flexibility index (Phi) is 5.02. The van der Waals surface area contributed by atoms with Crippen molar-refractivity contribution in [1.82, 2.24) is 9.21 Å². The van der Waals surface area contributed by atoms with Crippen molar-refractivity contribution >= 4 is 10.0 Å². The number of ether oxygens (including phenoxy) is 1. The standard InChI is InChI=1S/C27H32N2O4S/c1-3-15-29-16-14-26-24-20-10-7-11-22(24)33-25(26)21(12-13-27(26,30)23(29)17-20)28(2)34(31,32)18-19-8-5-4-6-9-19/h3-11,21,23,25,30H,1,12-18H2,2H3/t21-,23+,25-,26-,27+/m0/s1. The predicted molar refractivity (Wildman–Crippen MR) is 131 cm³/mol. The zero-order valence-electron chi connectivity index (χ0n) is 19.6. The monoisotopic (exact) mass is 480 g/mol. The maximum Gasteiger partial charge on any atom is 0.218 e. The zero-order chi connectivity index (χ0) is 23.7. The van der Waals surface area contributed by atoms with E-state index in [1.165, 1.54) is 9.87 Å². The van der Waals surface area contributed by atoms with Crippen molar-refractivity contribution in [3.05, 3.63) is 77.9 Å². The van der Waals surface area contributed by atoms with E-state index in [2.05, 4.69) is 17.5 Å². The Morgan fingerprint density at radius 3 is 2.76 bits per heavy atom. The number of benzene rings is 2. The van der Waals surface area contributed by atoms with E-state index in [0.29, 0.717) is 12.8 Å². The van der Waals surface area contributed by atoms with Crippen LogP contribution < -0.4 is 4.74 Å². The molecule has 2 bridgehead atoms. The van der Waals surface area contributed by atoms with Crippen molar-refractivity contribution in [2.75, 3.05) is 20.1 Å². The van der Waals surface area contributed by atoms with Gasteiger partial charge < -0.3 is 9.84 Å². The normalized spacial score (nSPS) is 33.9. The minimum Gasteiger partial charge on any atom is -0.487 e. The lowest BCUT2D eigenvalue weighted by Crippen LogP contribution is -2.78. The molecule has 2 fully saturated rings. The van der Waals surface area contributed by atoms with Gasteiger partial charge >= 0.3 is 0 Å². The van der Waals surface area contributed by atoms with Crippen LogP contribution in [0.25, 0.3) is 0 Å². The first-order chi connectivity index (χ1) is 16.3. The van der Waals surface area contributed by atoms with Crippen LogP contribution in [0.15, 0.2) is 61.2 Å². The van der Waals surface area contributed by atoms with E-state index in [1.807, 2.05) is 48.5 Å². The summed E-state index contributed by atoms with van der Waals surface area (Å²) in [6, 6.07) is 15.1. The van der Waals surface area contributed by atoms with Crippen molar-refractivity contribution in [2.24, 2.45) is 0 Å². The van der Waals surface area contributed by atoms with Crippen molar-refractivity contribution in [1.29, 1.82) is 0 Å². The maximum absolute atomic E-state index is 13.5. The molecule has 4 aliphatic rings. The lowest BCUT2D eigenvalue weighted by molar-refractivity contribution is -0.193. The minimum atomic E-state index is -3.57. The van der Waals surface area contributed by atoms with Crippen LogP contribution in [0.5, 0.6) is 5.75 Å². The van der Waals surface area contributed by atoms with Gasteiger partial charge in [-0.1, -0.05) is 48.5 Å². The molecule has 2 aromatic rings. The number of sulfonamides is 1. The van der Waals surface area contributed by atoms with E-state index in [-0.39, 0.29) is 17.8 Å². The van der Waals surface area contributed by atoms with Crippen molar-refractivity contribution in [3.8, 4) is 5.75 Å². The highest BCUT2D eigenvalue weighted by atomic mass is 32.2. The lowest BCUT2D eigenvalue weighted by atomic mass is 9.48. The molecule has 5 atom stereocenters. The first kappa shape index (κ1) is 22.3. The second-order valence-electron chi connectivity index (χ2n) is 10.3. The molecule has 2 heterocycles. The molecule has 0 unspecified atom stereocenters. The van der Waals surface area contributed by atoms with Crippen LogP contribution in [0.4, 0.5) is 0 Å². The number of aliphatic hydroxyl groups is 1. The van der Waals surface area contributed by atoms with Gasteiger partial charge in [0.05, 0.1) is 22.8 Å². The van der Waals surface area contributed by atoms with Crippen LogP contribution in [0.3, 0.4) is 0 Å². The summed E-state index contributed by atoms with van der Waals surface area (Å²) in [6.45, 7) is 5.50. The molecule has 1 N–H and O–H groups in total. The van der Waals surface area contributed by atoms with E-state index in [0.717, 1.165) is 42.8 Å². The fraction of sp³-hybridized carbons (Fsp3) is 0.481. The maximum atomic E-state index is 13.5. The van der Waals surface area contributed by atoms with Crippen LogP contribution in [0.2, 0.25) is 0 Å². The summed E-state index contributed by atoms with van der Waals surface area (Å²) in [5.74, 6) is 0.774. The van der Waals surface area contributed by atoms with Crippen LogP contribution in [0, 0.1) is 0 Å². The number of likely N-dealkylation sites (tertiary alicyclic amines) is 1. The van der Waals surface area contributed by atoms with Crippen LogP contribution >= 0.6 is 0 Å². The van der Waals surface area contributed by atoms with Crippen molar-refractivity contribution in [2.45, 2.75) is 60.6 Å². The molecule has 2 aliphatic carbocycles. The van der Waals surface area contributed by atoms with Crippen LogP contribution in [-0.2, 0) is 27.6 Å². The quantitative estimate of drug-likeness (QED) is 0.644. The number of hydrogen-bond donors (Lipinski definition) is 1. The Morgan fingerprint density at radius 2 is 2.00 bits per heavy atom. The van der Waals surface area contributed by atoms with E-state index in [1.54, 1.807) is 7.05 Å². The lowest BCUT2D eigenvalue weighted by Gasteiger charge is -2.64. The SMILES string of the molecule is C=CCN1CC[C@]23c4c5cccc4O[C@H]2[C@@H](N(C)S(=O)(=O)Cc2ccccc2)CC[C@@]3(O)[C@H]1C5. The number of hydrogen-bond acceptors (Lipinski definition) is 5. The third-order valence-corrected chi connectivity index (χ3v) is 10.7. The highest BCUT2D eigenvalue weighted by Gasteiger charge is 2.73. The van der Waals surface area contributed by atoms with E-state index < -0.39 is 27.1 Å². The van der Waals surface area contributed by atoms with Gasteiger partial charge in [-0.2, -0.15) is 4.31 Å². The highest BCUT2D eigenvalue weighted by molar-refractivity contribution is 7.88. The van der Waals surface area contributed by atoms with Gasteiger partial charge in [-0.3, -0.25) is 4.90 Å². The average molecular weight is 481 g/mol. The largest absolute Gasteiger partial charge is 0.487 e. The molecular formula is C27H32N2O4S. The Morgan fingerprint density at radius 1 is 1.21 bits per heavy atom. The Balaban J connectivity index is 1.42. The fourth-order valence-electron chi connectivity index (χ4n) is 7.42. The van der Waals surface area contributed by atoms with Gasteiger partial charge in [-0.25, -0.2) is 8.42 Å². The third-order valence-electron chi connectivity index (χ3n) is 8.90. The second kappa shape index (κ2) is 7.65. The van der Waals surface area contributed by atoms with Gasteiger partial charge in [-0.15, -0.1) is 6.58 Å². The van der Waals surface area contributed by atoms with Gasteiger partial charge in [0.15, 0.2) is 0 Å². The molecule has 34 heavy (non-hydrogen) atoms. The molecular weight excluding hydrogens is 448 g/mol. The Bertz CT molecular complexity index is 1230. The summed E-state index contributed by atoms with van der Waals surface area (Å²) >= 11 is 0. The molecule has 1 saturated carbocycles. The first-order valence-electron chi connectivity index (χ1n) is 12.2. The molecule has 0 radical (unpaired) electrons. The molecule has 2 aromatic carbocycles. The Labute approximate surface area is 201 Å². The molecule has 180 valence electrons. The van der Waals surface area contributed by atoms with Crippen LogP contribution in [0.1, 0.15) is 36.0 Å². The van der Waals surface area contributed by atoms with E-state index >= 15 is 0 Å². The first-order valence-corrected chi connectivity index (χ1v) is 13.8. The van der Waals surface area contributed by atoms with Gasteiger partial charge in [0.25, 0.3) is 0 Å². The number of likely N-dealkylation sites (N-methyl/N-ethyl adjacent to an activating group) is 1. The third kappa shape index (κ3) is 2.87. The van der Waals surface area contributed by atoms with Gasteiger partial charge in [0.2, 0.25) is 10.0 Å². The summed E-state index contributed by atoms with van der Waals surface area (Å²) < 4.78 is 35.1. The molecule has 6 nitrogen and oxygen atoms in total. The topological polar surface area (TPSA) is 70.1 Å². The summed E-state index contributed by atoms with van der Waals surface area (Å²) in [5.41, 5.74) is 1.56. The summed E-state index contributed by atoms with van der Waals surface area (Å²) in [5, 5.41) is 12.4. The van der Waals surface area contributed by atoms with Crippen LogP contribution in [-0.4, -0.2) is 66.7 Å². The molecule has 1 spiro atoms. The fourth-order valence-corrected chi connectivity index (χ4v) is 8.87. The molecule has 0 amide bonds. The van der Waals surface area contributed by atoms with Gasteiger partial charge in [0, 0.05) is 25.2 Å². The average Bonchev–Trinajstić information content (AvgIpc) is 3.16. The van der Waals surface area contributed by atoms with E-state index in [9.17, 15) is 13.5 Å². The number of nitrogens with zero attached hydrogens (tertiary/aromatic N) is 2. The van der Waals surface area contributed by atoms with Crippen molar-refractivity contribution in [3.63, 3.8) is 0 Å². The molecule has 6 rings (SSSR count). The van der Waals surface area contributed by atoms with Gasteiger partial charge in [-0.05, 0) is 49.4 Å². The molecule has 2 aliphatic heterocycles. The van der Waals surface area contributed by atoms with Crippen molar-refractivity contribution < 1.29 is 18.3 Å². The number of piperidine rings is 1. The zero-order valence-corrected chi connectivity index (χ0v) is 20.4. The summed E-state index contributed by atoms with van der Waals surface area (Å²) in [4.78, 5) is 2.35. The molecule has 0 aromatic heterocycles.